The summed E-state index contributed by atoms with van der Waals surface area (Å²) >= 11 is 6.32. The Hall–Kier alpha value is -1.46. The normalized spacial score (nSPS) is 9.42. The van der Waals surface area contributed by atoms with Crippen LogP contribution in [-0.2, 0) is 13.2 Å². The number of rotatable bonds is 8. The number of hydrogen-bond acceptors (Lipinski definition) is 4. The van der Waals surface area contributed by atoms with Crippen LogP contribution < -0.4 is 14.8 Å². The average molecular weight is 392 g/mol. The van der Waals surface area contributed by atoms with Crippen molar-refractivity contribution in [2.24, 2.45) is 0 Å². The summed E-state index contributed by atoms with van der Waals surface area (Å²) in [7, 11) is 1.60. The van der Waals surface area contributed by atoms with Crippen molar-refractivity contribution in [1.82, 2.24) is 10.3 Å². The van der Waals surface area contributed by atoms with Crippen LogP contribution in [-0.4, -0.2) is 18.6 Å². The molecule has 0 saturated carbocycles. The van der Waals surface area contributed by atoms with E-state index >= 15 is 0 Å². The standard InChI is InChI=1S/C17H19ClN2O2.2ClH/c1-3-6-19-11-14-8-15(18)17(16(9-14)21-2)22-12-13-5-4-7-20-10-13;;/h3-5,7-10,19H,1,6,11-12H2,2H3;2*1H. The number of nitrogens with one attached hydrogen (secondary N) is 1. The molecular formula is C17H21Cl3N2O2. The van der Waals surface area contributed by atoms with Gasteiger partial charge in [-0.15, -0.1) is 31.4 Å². The second kappa shape index (κ2) is 12.0. The molecule has 1 aromatic heterocycles. The first kappa shape index (κ1) is 22.5. The second-order valence-electron chi connectivity index (χ2n) is 4.68. The van der Waals surface area contributed by atoms with E-state index in [1.54, 1.807) is 19.5 Å². The highest BCUT2D eigenvalue weighted by molar-refractivity contribution is 6.32. The molecule has 1 aromatic carbocycles. The summed E-state index contributed by atoms with van der Waals surface area (Å²) in [4.78, 5) is 4.06. The number of ether oxygens (including phenoxy) is 2. The van der Waals surface area contributed by atoms with Crippen molar-refractivity contribution in [2.45, 2.75) is 13.2 Å². The first-order valence-corrected chi connectivity index (χ1v) is 7.32. The molecule has 4 nitrogen and oxygen atoms in total. The van der Waals surface area contributed by atoms with E-state index < -0.39 is 0 Å². The Morgan fingerprint density at radius 1 is 1.29 bits per heavy atom. The van der Waals surface area contributed by atoms with Crippen LogP contribution in [0.4, 0.5) is 0 Å². The van der Waals surface area contributed by atoms with E-state index in [1.807, 2.05) is 30.3 Å². The summed E-state index contributed by atoms with van der Waals surface area (Å²) < 4.78 is 11.2. The second-order valence-corrected chi connectivity index (χ2v) is 5.09. The molecule has 1 N–H and O–H groups in total. The Labute approximate surface area is 160 Å². The molecule has 0 bridgehead atoms. The minimum absolute atomic E-state index is 0. The maximum atomic E-state index is 6.32. The third-order valence-electron chi connectivity index (χ3n) is 3.01. The minimum atomic E-state index is 0. The van der Waals surface area contributed by atoms with E-state index in [0.717, 1.165) is 17.7 Å². The Balaban J connectivity index is 0.00000264. The van der Waals surface area contributed by atoms with E-state index in [1.165, 1.54) is 0 Å². The van der Waals surface area contributed by atoms with Crippen LogP contribution in [0.5, 0.6) is 11.5 Å². The average Bonchev–Trinajstić information content (AvgIpc) is 2.54. The van der Waals surface area contributed by atoms with Crippen LogP contribution in [0.1, 0.15) is 11.1 Å². The van der Waals surface area contributed by atoms with E-state index in [4.69, 9.17) is 21.1 Å². The highest BCUT2D eigenvalue weighted by atomic mass is 35.5. The van der Waals surface area contributed by atoms with Gasteiger partial charge in [0.05, 0.1) is 12.1 Å². The van der Waals surface area contributed by atoms with E-state index in [-0.39, 0.29) is 24.8 Å². The number of nitrogens with zero attached hydrogens (tertiary/aromatic N) is 1. The van der Waals surface area contributed by atoms with Gasteiger partial charge >= 0.3 is 0 Å². The van der Waals surface area contributed by atoms with Gasteiger partial charge in [0, 0.05) is 31.0 Å². The lowest BCUT2D eigenvalue weighted by molar-refractivity contribution is 0.284. The minimum Gasteiger partial charge on any atom is -0.493 e. The number of methoxy groups -OCH3 is 1. The van der Waals surface area contributed by atoms with Gasteiger partial charge in [0.25, 0.3) is 0 Å². The van der Waals surface area contributed by atoms with Gasteiger partial charge in [-0.2, -0.15) is 0 Å². The predicted octanol–water partition coefficient (Wildman–Crippen LogP) is 4.44. The van der Waals surface area contributed by atoms with Crippen molar-refractivity contribution < 1.29 is 9.47 Å². The van der Waals surface area contributed by atoms with E-state index in [2.05, 4.69) is 16.9 Å². The molecule has 0 aliphatic heterocycles. The number of pyridine rings is 1. The van der Waals surface area contributed by atoms with Crippen molar-refractivity contribution in [2.75, 3.05) is 13.7 Å². The van der Waals surface area contributed by atoms with Crippen LogP contribution in [0, 0.1) is 0 Å². The predicted molar refractivity (Wildman–Crippen MR) is 103 cm³/mol. The lowest BCUT2D eigenvalue weighted by Crippen LogP contribution is -2.12. The molecule has 1 heterocycles. The van der Waals surface area contributed by atoms with Gasteiger partial charge in [-0.1, -0.05) is 23.7 Å². The monoisotopic (exact) mass is 390 g/mol. The van der Waals surface area contributed by atoms with Crippen molar-refractivity contribution in [3.63, 3.8) is 0 Å². The summed E-state index contributed by atoms with van der Waals surface area (Å²) in [5.41, 5.74) is 2.00. The summed E-state index contributed by atoms with van der Waals surface area (Å²) in [5, 5.41) is 3.75. The lowest BCUT2D eigenvalue weighted by atomic mass is 10.2. The highest BCUT2D eigenvalue weighted by Gasteiger charge is 2.12. The van der Waals surface area contributed by atoms with Crippen LogP contribution in [0.3, 0.4) is 0 Å². The van der Waals surface area contributed by atoms with Crippen LogP contribution in [0.15, 0.2) is 49.3 Å². The molecule has 0 aliphatic carbocycles. The topological polar surface area (TPSA) is 43.4 Å². The van der Waals surface area contributed by atoms with Crippen LogP contribution in [0.2, 0.25) is 5.02 Å². The first-order chi connectivity index (χ1) is 10.7. The summed E-state index contributed by atoms with van der Waals surface area (Å²) in [5.74, 6) is 1.16. The lowest BCUT2D eigenvalue weighted by Gasteiger charge is -2.14. The van der Waals surface area contributed by atoms with Crippen molar-refractivity contribution >= 4 is 36.4 Å². The summed E-state index contributed by atoms with van der Waals surface area (Å²) in [6, 6.07) is 7.60. The van der Waals surface area contributed by atoms with Gasteiger partial charge in [0.15, 0.2) is 11.5 Å². The summed E-state index contributed by atoms with van der Waals surface area (Å²) in [6.07, 6.45) is 5.29. The molecular weight excluding hydrogens is 371 g/mol. The van der Waals surface area contributed by atoms with Gasteiger partial charge in [-0.3, -0.25) is 4.98 Å². The molecule has 0 amide bonds. The third-order valence-corrected chi connectivity index (χ3v) is 3.29. The fourth-order valence-corrected chi connectivity index (χ4v) is 2.26. The number of benzene rings is 1. The zero-order valence-electron chi connectivity index (χ0n) is 13.3. The number of aromatic nitrogens is 1. The molecule has 0 unspecified atom stereocenters. The molecule has 0 radical (unpaired) electrons. The van der Waals surface area contributed by atoms with Gasteiger partial charge in [0.2, 0.25) is 0 Å². The SMILES string of the molecule is C=CCNCc1cc(Cl)c(OCc2cccnc2)c(OC)c1.Cl.Cl. The summed E-state index contributed by atoms with van der Waals surface area (Å²) in [6.45, 7) is 5.48. The third kappa shape index (κ3) is 6.57. The number of hydrogen-bond donors (Lipinski definition) is 1. The molecule has 2 aromatic rings. The highest BCUT2D eigenvalue weighted by Crippen LogP contribution is 2.36. The van der Waals surface area contributed by atoms with E-state index in [0.29, 0.717) is 29.7 Å². The molecule has 0 aliphatic rings. The van der Waals surface area contributed by atoms with Crippen molar-refractivity contribution in [1.29, 1.82) is 0 Å². The first-order valence-electron chi connectivity index (χ1n) is 6.94. The van der Waals surface area contributed by atoms with Crippen molar-refractivity contribution in [3.05, 3.63) is 65.5 Å². The Kier molecular flexibility index (Phi) is 11.3. The van der Waals surface area contributed by atoms with Crippen molar-refractivity contribution in [3.8, 4) is 11.5 Å². The largest absolute Gasteiger partial charge is 0.493 e. The molecule has 0 saturated heterocycles. The Morgan fingerprint density at radius 2 is 2.08 bits per heavy atom. The van der Waals surface area contributed by atoms with Gasteiger partial charge in [0.1, 0.15) is 6.61 Å². The van der Waals surface area contributed by atoms with Gasteiger partial charge < -0.3 is 14.8 Å². The van der Waals surface area contributed by atoms with Crippen LogP contribution >= 0.6 is 36.4 Å². The molecule has 0 fully saturated rings. The molecule has 2 rings (SSSR count). The molecule has 132 valence electrons. The molecule has 0 atom stereocenters. The maximum Gasteiger partial charge on any atom is 0.180 e. The zero-order chi connectivity index (χ0) is 15.8. The fourth-order valence-electron chi connectivity index (χ4n) is 1.97. The number of halogens is 3. The zero-order valence-corrected chi connectivity index (χ0v) is 15.7. The quantitative estimate of drug-likeness (QED) is 0.533. The van der Waals surface area contributed by atoms with Crippen LogP contribution in [0.25, 0.3) is 0 Å². The Morgan fingerprint density at radius 3 is 2.71 bits per heavy atom. The smallest absolute Gasteiger partial charge is 0.180 e. The molecule has 7 heteroatoms. The maximum absolute atomic E-state index is 6.32. The Bertz CT molecular complexity index is 625. The van der Waals surface area contributed by atoms with E-state index in [9.17, 15) is 0 Å². The fraction of sp³-hybridized carbons (Fsp3) is 0.235. The van der Waals surface area contributed by atoms with Gasteiger partial charge in [-0.05, 0) is 23.8 Å². The molecule has 0 spiro atoms. The van der Waals surface area contributed by atoms with Gasteiger partial charge in [-0.25, -0.2) is 0 Å². The molecule has 24 heavy (non-hydrogen) atoms.